The summed E-state index contributed by atoms with van der Waals surface area (Å²) in [5.41, 5.74) is 0. The molecule has 0 amide bonds. The molecule has 6 heavy (non-hydrogen) atoms. The number of rotatable bonds is 2. The van der Waals surface area contributed by atoms with Crippen LogP contribution in [0.25, 0.3) is 0 Å². The van der Waals surface area contributed by atoms with E-state index in [2.05, 4.69) is 17.9 Å². The van der Waals surface area contributed by atoms with Crippen LogP contribution in [0.4, 0.5) is 0 Å². The predicted octanol–water partition coefficient (Wildman–Crippen LogP) is 1.00. The quantitative estimate of drug-likeness (QED) is 0.568. The van der Waals surface area contributed by atoms with E-state index in [0.29, 0.717) is 0 Å². The van der Waals surface area contributed by atoms with Crippen molar-refractivity contribution in [1.82, 2.24) is 0 Å². The summed E-state index contributed by atoms with van der Waals surface area (Å²) in [6.45, 7) is 4.47. The fourth-order valence-electron chi connectivity index (χ4n) is 0.236. The first-order valence-corrected chi connectivity index (χ1v) is 3.91. The van der Waals surface area contributed by atoms with Gasteiger partial charge in [0.15, 0.2) is 0 Å². The third-order valence-electron chi connectivity index (χ3n) is 0.589. The summed E-state index contributed by atoms with van der Waals surface area (Å²) in [7, 11) is 0. The summed E-state index contributed by atoms with van der Waals surface area (Å²) in [4.78, 5) is 0. The van der Waals surface area contributed by atoms with Crippen LogP contribution < -0.4 is 0 Å². The summed E-state index contributed by atoms with van der Waals surface area (Å²) >= 11 is 1.56. The van der Waals surface area contributed by atoms with E-state index in [-0.39, 0.29) is 0 Å². The van der Waals surface area contributed by atoms with Crippen LogP contribution in [-0.4, -0.2) is 26.1 Å². The van der Waals surface area contributed by atoms with Crippen LogP contribution >= 0.6 is 0 Å². The summed E-state index contributed by atoms with van der Waals surface area (Å²) < 4.78 is 2.29. The van der Waals surface area contributed by atoms with Crippen LogP contribution in [0.1, 0.15) is 20.3 Å². The molecule has 1 heteroatoms. The Balaban J connectivity index is 2.81. The summed E-state index contributed by atoms with van der Waals surface area (Å²) in [6, 6.07) is 0. The van der Waals surface area contributed by atoms with Gasteiger partial charge in [-0.1, -0.05) is 0 Å². The molecule has 2 radical (unpaired) electrons. The van der Waals surface area contributed by atoms with Gasteiger partial charge >= 0.3 is 52.3 Å². The molecule has 0 rings (SSSR count). The Hall–Kier alpha value is 0.669. The molecule has 0 aliphatic heterocycles. The molecule has 0 aromatic rings. The van der Waals surface area contributed by atoms with Crippen LogP contribution in [0, 0.1) is 5.92 Å². The van der Waals surface area contributed by atoms with Crippen molar-refractivity contribution < 1.29 is 0 Å². The van der Waals surface area contributed by atoms with Gasteiger partial charge in [-0.25, -0.2) is 0 Å². The molecule has 0 fully saturated rings. The van der Waals surface area contributed by atoms with Gasteiger partial charge in [0.25, 0.3) is 0 Å². The van der Waals surface area contributed by atoms with Crippen LogP contribution in [0.2, 0.25) is 0 Å². The van der Waals surface area contributed by atoms with E-state index in [1.807, 2.05) is 0 Å². The van der Waals surface area contributed by atoms with Crippen molar-refractivity contribution in [1.29, 1.82) is 0 Å². The molecular formula is C5H10Sn. The van der Waals surface area contributed by atoms with E-state index in [0.717, 1.165) is 5.92 Å². The normalized spacial score (nSPS) is 9.17. The Morgan fingerprint density at radius 1 is 1.67 bits per heavy atom. The van der Waals surface area contributed by atoms with Crippen LogP contribution in [0.15, 0.2) is 0 Å². The molecule has 0 aliphatic rings. The summed E-state index contributed by atoms with van der Waals surface area (Å²) in [5.74, 6) is 0.865. The van der Waals surface area contributed by atoms with Crippen molar-refractivity contribution in [3.63, 3.8) is 0 Å². The van der Waals surface area contributed by atoms with Gasteiger partial charge in [0.2, 0.25) is 0 Å². The van der Waals surface area contributed by atoms with Crippen molar-refractivity contribution in [2.24, 2.45) is 5.92 Å². The first kappa shape index (κ1) is 6.67. The second-order valence-electron chi connectivity index (χ2n) is 1.83. The van der Waals surface area contributed by atoms with E-state index in [1.165, 1.54) is 6.42 Å². The zero-order valence-electron chi connectivity index (χ0n) is 4.36. The SMILES string of the molecule is CC(C)C[CH]=[Sn]. The molecule has 0 N–H and O–H groups in total. The van der Waals surface area contributed by atoms with Crippen molar-refractivity contribution in [3.8, 4) is 0 Å². The second-order valence-corrected chi connectivity index (χ2v) is 3.00. The molecule has 0 atom stereocenters. The molecular weight excluding hydrogens is 179 g/mol. The first-order chi connectivity index (χ1) is 2.77. The van der Waals surface area contributed by atoms with Crippen LogP contribution in [0.5, 0.6) is 0 Å². The van der Waals surface area contributed by atoms with Gasteiger partial charge in [-0.3, -0.25) is 0 Å². The van der Waals surface area contributed by atoms with Gasteiger partial charge in [-0.2, -0.15) is 0 Å². The zero-order valence-corrected chi connectivity index (χ0v) is 7.22. The van der Waals surface area contributed by atoms with Gasteiger partial charge < -0.3 is 0 Å². The number of hydrogen-bond acceptors (Lipinski definition) is 0. The van der Waals surface area contributed by atoms with Gasteiger partial charge in [-0.05, 0) is 0 Å². The average Bonchev–Trinajstić information content (AvgIpc) is 1.35. The Kier molecular flexibility index (Phi) is 4.27. The third-order valence-corrected chi connectivity index (χ3v) is 1.26. The fourth-order valence-corrected chi connectivity index (χ4v) is 1.58. The van der Waals surface area contributed by atoms with E-state index in [1.54, 1.807) is 22.1 Å². The Morgan fingerprint density at radius 2 is 2.17 bits per heavy atom. The summed E-state index contributed by atoms with van der Waals surface area (Å²) in [6.07, 6.45) is 1.29. The van der Waals surface area contributed by atoms with Gasteiger partial charge in [0.05, 0.1) is 0 Å². The molecule has 0 saturated carbocycles. The molecule has 0 aromatic carbocycles. The molecule has 0 spiro atoms. The second kappa shape index (κ2) is 3.85. The summed E-state index contributed by atoms with van der Waals surface area (Å²) in [5, 5.41) is 0. The van der Waals surface area contributed by atoms with E-state index < -0.39 is 0 Å². The molecule has 0 unspecified atom stereocenters. The van der Waals surface area contributed by atoms with Crippen LogP contribution in [0.3, 0.4) is 0 Å². The van der Waals surface area contributed by atoms with Crippen molar-refractivity contribution >= 4 is 26.1 Å². The Morgan fingerprint density at radius 3 is 2.17 bits per heavy atom. The van der Waals surface area contributed by atoms with E-state index >= 15 is 0 Å². The predicted molar refractivity (Wildman–Crippen MR) is 31.3 cm³/mol. The fraction of sp³-hybridized carbons (Fsp3) is 0.800. The van der Waals surface area contributed by atoms with Crippen molar-refractivity contribution in [3.05, 3.63) is 0 Å². The molecule has 0 aromatic heterocycles. The van der Waals surface area contributed by atoms with Crippen molar-refractivity contribution in [2.75, 3.05) is 0 Å². The molecule has 34 valence electrons. The zero-order chi connectivity index (χ0) is 4.99. The maximum atomic E-state index is 2.29. The number of hydrogen-bond donors (Lipinski definition) is 0. The molecule has 0 nitrogen and oxygen atoms in total. The molecule has 0 aliphatic carbocycles. The molecule has 0 saturated heterocycles. The Labute approximate surface area is 52.5 Å². The Bertz CT molecular complexity index is 39.2. The first-order valence-electron chi connectivity index (χ1n) is 2.26. The third kappa shape index (κ3) is 4.67. The standard InChI is InChI=1S/C5H10.Sn/c1-4-5(2)3;/h1,5H,4H2,2-3H3;. The average molecular weight is 189 g/mol. The van der Waals surface area contributed by atoms with Gasteiger partial charge in [0, 0.05) is 0 Å². The maximum absolute atomic E-state index is 2.29. The van der Waals surface area contributed by atoms with Gasteiger partial charge in [0.1, 0.15) is 0 Å². The topological polar surface area (TPSA) is 0 Å². The molecule has 0 heterocycles. The molecule has 0 bridgehead atoms. The van der Waals surface area contributed by atoms with E-state index in [4.69, 9.17) is 0 Å². The van der Waals surface area contributed by atoms with Crippen LogP contribution in [-0.2, 0) is 0 Å². The minimum absolute atomic E-state index is 0.865. The monoisotopic (exact) mass is 190 g/mol. The van der Waals surface area contributed by atoms with Gasteiger partial charge in [-0.15, -0.1) is 0 Å². The minimum atomic E-state index is 0.865. The van der Waals surface area contributed by atoms with Crippen molar-refractivity contribution in [2.45, 2.75) is 20.3 Å². The van der Waals surface area contributed by atoms with E-state index in [9.17, 15) is 0 Å².